The highest BCUT2D eigenvalue weighted by Gasteiger charge is 2.22. The summed E-state index contributed by atoms with van der Waals surface area (Å²) >= 11 is 1.70. The number of piperidine rings is 1. The predicted octanol–water partition coefficient (Wildman–Crippen LogP) is 2.28. The Morgan fingerprint density at radius 3 is 3.16 bits per heavy atom. The fourth-order valence-electron chi connectivity index (χ4n) is 2.87. The van der Waals surface area contributed by atoms with Crippen LogP contribution in [0.3, 0.4) is 0 Å². The lowest BCUT2D eigenvalue weighted by molar-refractivity contribution is 0.168. The molecular weight excluding hydrogens is 256 g/mol. The number of nitrogens with one attached hydrogen (secondary N) is 1. The largest absolute Gasteiger partial charge is 0.308 e. The van der Waals surface area contributed by atoms with E-state index in [2.05, 4.69) is 52.1 Å². The first-order valence-electron chi connectivity index (χ1n) is 7.00. The van der Waals surface area contributed by atoms with Gasteiger partial charge in [-0.3, -0.25) is 4.40 Å². The Morgan fingerprint density at radius 2 is 2.37 bits per heavy atom. The van der Waals surface area contributed by atoms with Gasteiger partial charge in [-0.1, -0.05) is 0 Å². The average Bonchev–Trinajstić information content (AvgIpc) is 2.92. The smallest absolute Gasteiger partial charge is 0.194 e. The van der Waals surface area contributed by atoms with E-state index in [1.54, 1.807) is 11.3 Å². The molecule has 2 aromatic heterocycles. The van der Waals surface area contributed by atoms with Crippen LogP contribution in [-0.2, 0) is 6.54 Å². The molecule has 0 aliphatic carbocycles. The van der Waals surface area contributed by atoms with E-state index in [9.17, 15) is 0 Å². The van der Waals surface area contributed by atoms with Gasteiger partial charge in [0.2, 0.25) is 0 Å². The minimum Gasteiger partial charge on any atom is -0.308 e. The van der Waals surface area contributed by atoms with Gasteiger partial charge in [0.15, 0.2) is 4.96 Å². The number of nitrogens with zero attached hydrogens (tertiary/aromatic N) is 3. The maximum absolute atomic E-state index is 4.60. The molecule has 1 aliphatic rings. The van der Waals surface area contributed by atoms with Gasteiger partial charge in [-0.15, -0.1) is 11.3 Å². The Morgan fingerprint density at radius 1 is 1.53 bits per heavy atom. The van der Waals surface area contributed by atoms with Gasteiger partial charge >= 0.3 is 0 Å². The fourth-order valence-corrected chi connectivity index (χ4v) is 3.65. The quantitative estimate of drug-likeness (QED) is 0.935. The van der Waals surface area contributed by atoms with Gasteiger partial charge in [-0.25, -0.2) is 4.98 Å². The highest BCUT2D eigenvalue weighted by atomic mass is 32.1. The SMILES string of the molecule is Cc1nc2sccn2c1CNC1CCN(C)C(C)C1. The molecule has 0 radical (unpaired) electrons. The van der Waals surface area contributed by atoms with E-state index in [1.165, 1.54) is 25.1 Å². The molecule has 1 fully saturated rings. The van der Waals surface area contributed by atoms with Crippen molar-refractivity contribution in [1.29, 1.82) is 0 Å². The Hall–Kier alpha value is -0.910. The monoisotopic (exact) mass is 278 g/mol. The van der Waals surface area contributed by atoms with Crippen LogP contribution in [0.1, 0.15) is 31.2 Å². The van der Waals surface area contributed by atoms with Crippen molar-refractivity contribution in [2.45, 2.75) is 45.3 Å². The molecule has 104 valence electrons. The highest BCUT2D eigenvalue weighted by Crippen LogP contribution is 2.19. The minimum atomic E-state index is 0.634. The van der Waals surface area contributed by atoms with Crippen LogP contribution in [0.4, 0.5) is 0 Å². The number of aryl methyl sites for hydroxylation is 1. The number of hydrogen-bond acceptors (Lipinski definition) is 4. The molecule has 5 heteroatoms. The number of rotatable bonds is 3. The summed E-state index contributed by atoms with van der Waals surface area (Å²) in [7, 11) is 2.22. The number of imidazole rings is 1. The van der Waals surface area contributed by atoms with Crippen molar-refractivity contribution < 1.29 is 0 Å². The second-order valence-electron chi connectivity index (χ2n) is 5.63. The first-order chi connectivity index (χ1) is 9.15. The van der Waals surface area contributed by atoms with Gasteiger partial charge in [-0.2, -0.15) is 0 Å². The third kappa shape index (κ3) is 2.55. The lowest BCUT2D eigenvalue weighted by Gasteiger charge is -2.35. The summed E-state index contributed by atoms with van der Waals surface area (Å²) in [5.41, 5.74) is 2.46. The van der Waals surface area contributed by atoms with Crippen molar-refractivity contribution in [3.8, 4) is 0 Å². The summed E-state index contributed by atoms with van der Waals surface area (Å²) in [6.07, 6.45) is 4.60. The lowest BCUT2D eigenvalue weighted by Crippen LogP contribution is -2.45. The van der Waals surface area contributed by atoms with Crippen LogP contribution in [0.25, 0.3) is 4.96 Å². The number of aromatic nitrogens is 2. The van der Waals surface area contributed by atoms with E-state index in [1.807, 2.05) is 0 Å². The normalized spacial score (nSPS) is 25.2. The minimum absolute atomic E-state index is 0.634. The first kappa shape index (κ1) is 13.1. The van der Waals surface area contributed by atoms with Crippen LogP contribution in [0.15, 0.2) is 11.6 Å². The fraction of sp³-hybridized carbons (Fsp3) is 0.643. The van der Waals surface area contributed by atoms with Gasteiger partial charge in [0.1, 0.15) is 0 Å². The Balaban J connectivity index is 1.66. The maximum atomic E-state index is 4.60. The molecule has 0 saturated carbocycles. The molecule has 0 amide bonds. The molecule has 3 rings (SSSR count). The summed E-state index contributed by atoms with van der Waals surface area (Å²) in [6, 6.07) is 1.31. The van der Waals surface area contributed by atoms with E-state index in [-0.39, 0.29) is 0 Å². The molecule has 3 heterocycles. The number of likely N-dealkylation sites (tertiary alicyclic amines) is 1. The van der Waals surface area contributed by atoms with E-state index in [4.69, 9.17) is 0 Å². The second-order valence-corrected chi connectivity index (χ2v) is 6.50. The molecule has 2 aromatic rings. The number of thiazole rings is 1. The number of fused-ring (bicyclic) bond motifs is 1. The molecule has 1 aliphatic heterocycles. The molecule has 2 atom stereocenters. The molecule has 4 nitrogen and oxygen atoms in total. The zero-order chi connectivity index (χ0) is 13.4. The van der Waals surface area contributed by atoms with Gasteiger partial charge in [0.05, 0.1) is 11.4 Å². The van der Waals surface area contributed by atoms with E-state index < -0.39 is 0 Å². The van der Waals surface area contributed by atoms with Crippen molar-refractivity contribution in [1.82, 2.24) is 19.6 Å². The summed E-state index contributed by atoms with van der Waals surface area (Å²) < 4.78 is 2.21. The molecule has 19 heavy (non-hydrogen) atoms. The summed E-state index contributed by atoms with van der Waals surface area (Å²) in [6.45, 7) is 6.53. The van der Waals surface area contributed by atoms with Gasteiger partial charge in [-0.05, 0) is 40.3 Å². The highest BCUT2D eigenvalue weighted by molar-refractivity contribution is 7.15. The third-order valence-corrected chi connectivity index (χ3v) is 5.08. The Bertz CT molecular complexity index is 559. The molecule has 2 unspecified atom stereocenters. The molecule has 0 bridgehead atoms. The van der Waals surface area contributed by atoms with E-state index in [0.29, 0.717) is 12.1 Å². The summed E-state index contributed by atoms with van der Waals surface area (Å²) in [5, 5.41) is 5.81. The van der Waals surface area contributed by atoms with Crippen LogP contribution in [0.2, 0.25) is 0 Å². The van der Waals surface area contributed by atoms with Crippen LogP contribution in [-0.4, -0.2) is 40.0 Å². The first-order valence-corrected chi connectivity index (χ1v) is 7.87. The molecule has 0 aromatic carbocycles. The Labute approximate surface area is 118 Å². The lowest BCUT2D eigenvalue weighted by atomic mass is 9.99. The van der Waals surface area contributed by atoms with Gasteiger partial charge in [0.25, 0.3) is 0 Å². The topological polar surface area (TPSA) is 32.6 Å². The number of hydrogen-bond donors (Lipinski definition) is 1. The molecular formula is C14H22N4S. The second kappa shape index (κ2) is 5.23. The zero-order valence-corrected chi connectivity index (χ0v) is 12.7. The maximum Gasteiger partial charge on any atom is 0.194 e. The summed E-state index contributed by atoms with van der Waals surface area (Å²) in [4.78, 5) is 8.14. The standard InChI is InChI=1S/C14H22N4S/c1-10-8-12(4-5-17(10)3)15-9-13-11(2)16-14-18(13)6-7-19-14/h6-7,10,12,15H,4-5,8-9H2,1-3H3. The third-order valence-electron chi connectivity index (χ3n) is 4.33. The molecule has 1 saturated heterocycles. The van der Waals surface area contributed by atoms with Crippen LogP contribution < -0.4 is 5.32 Å². The average molecular weight is 278 g/mol. The van der Waals surface area contributed by atoms with Crippen molar-refractivity contribution >= 4 is 16.3 Å². The molecule has 1 N–H and O–H groups in total. The van der Waals surface area contributed by atoms with Gasteiger partial charge in [0, 0.05) is 30.2 Å². The van der Waals surface area contributed by atoms with Gasteiger partial charge < -0.3 is 10.2 Å². The van der Waals surface area contributed by atoms with E-state index in [0.717, 1.165) is 17.2 Å². The zero-order valence-electron chi connectivity index (χ0n) is 11.9. The van der Waals surface area contributed by atoms with Crippen LogP contribution in [0, 0.1) is 6.92 Å². The Kier molecular flexibility index (Phi) is 3.60. The van der Waals surface area contributed by atoms with Crippen molar-refractivity contribution in [2.24, 2.45) is 0 Å². The van der Waals surface area contributed by atoms with Crippen molar-refractivity contribution in [3.63, 3.8) is 0 Å². The van der Waals surface area contributed by atoms with Crippen LogP contribution >= 0.6 is 11.3 Å². The molecule has 0 spiro atoms. The predicted molar refractivity (Wildman–Crippen MR) is 79.8 cm³/mol. The summed E-state index contributed by atoms with van der Waals surface area (Å²) in [5.74, 6) is 0. The van der Waals surface area contributed by atoms with Crippen molar-refractivity contribution in [3.05, 3.63) is 23.0 Å². The van der Waals surface area contributed by atoms with Crippen LogP contribution in [0.5, 0.6) is 0 Å². The van der Waals surface area contributed by atoms with Crippen molar-refractivity contribution in [2.75, 3.05) is 13.6 Å². The van der Waals surface area contributed by atoms with E-state index >= 15 is 0 Å².